The van der Waals surface area contributed by atoms with Crippen molar-refractivity contribution in [2.75, 3.05) is 39.0 Å². The average Bonchev–Trinajstić information content (AvgIpc) is 3.11. The number of nitrogens with zero attached hydrogens (tertiary/aromatic N) is 3. The third-order valence-electron chi connectivity index (χ3n) is 4.20. The molecule has 0 atom stereocenters. The van der Waals surface area contributed by atoms with E-state index < -0.39 is 0 Å². The first-order valence-corrected chi connectivity index (χ1v) is 9.96. The number of fused-ring (bicyclic) bond motifs is 1. The first-order valence-electron chi connectivity index (χ1n) is 9.08. The van der Waals surface area contributed by atoms with Gasteiger partial charge in [-0.05, 0) is 32.6 Å². The van der Waals surface area contributed by atoms with Crippen molar-refractivity contribution in [1.82, 2.24) is 20.2 Å². The Morgan fingerprint density at radius 2 is 1.96 bits per heavy atom. The molecule has 1 amide bonds. The van der Waals surface area contributed by atoms with Gasteiger partial charge in [-0.3, -0.25) is 4.79 Å². The van der Waals surface area contributed by atoms with Crippen molar-refractivity contribution in [3.05, 3.63) is 42.0 Å². The van der Waals surface area contributed by atoms with Crippen molar-refractivity contribution in [3.8, 4) is 11.1 Å². The number of rotatable bonds is 9. The summed E-state index contributed by atoms with van der Waals surface area (Å²) in [7, 11) is 4.06. The van der Waals surface area contributed by atoms with E-state index in [-0.39, 0.29) is 5.91 Å². The molecule has 0 unspecified atom stereocenters. The molecule has 3 rings (SSSR count). The summed E-state index contributed by atoms with van der Waals surface area (Å²) in [5.41, 5.74) is 2.26. The van der Waals surface area contributed by atoms with Crippen LogP contribution in [0.5, 0.6) is 0 Å². The Labute approximate surface area is 163 Å². The third-order valence-corrected chi connectivity index (χ3v) is 5.09. The molecule has 2 N–H and O–H groups in total. The zero-order chi connectivity index (χ0) is 19.1. The maximum atomic E-state index is 12.0. The summed E-state index contributed by atoms with van der Waals surface area (Å²) in [6.45, 7) is 2.21. The van der Waals surface area contributed by atoms with Crippen molar-refractivity contribution in [2.24, 2.45) is 0 Å². The summed E-state index contributed by atoms with van der Waals surface area (Å²) in [6.07, 6.45) is 2.93. The lowest BCUT2D eigenvalue weighted by Crippen LogP contribution is -2.28. The van der Waals surface area contributed by atoms with E-state index in [9.17, 15) is 4.79 Å². The average molecular weight is 384 g/mol. The minimum Gasteiger partial charge on any atom is -0.369 e. The van der Waals surface area contributed by atoms with Crippen LogP contribution in [0.25, 0.3) is 21.3 Å². The quantitative estimate of drug-likeness (QED) is 0.555. The minimum absolute atomic E-state index is 0.0557. The van der Waals surface area contributed by atoms with Crippen LogP contribution in [-0.2, 0) is 4.79 Å². The molecule has 0 bridgehead atoms. The Balaban J connectivity index is 1.61. The fourth-order valence-electron chi connectivity index (χ4n) is 2.85. The summed E-state index contributed by atoms with van der Waals surface area (Å²) in [4.78, 5) is 23.8. The molecule has 0 saturated heterocycles. The summed E-state index contributed by atoms with van der Waals surface area (Å²) in [5.74, 6) is 0.834. The summed E-state index contributed by atoms with van der Waals surface area (Å²) >= 11 is 1.60. The van der Waals surface area contributed by atoms with Gasteiger partial charge in [-0.25, -0.2) is 9.97 Å². The van der Waals surface area contributed by atoms with Gasteiger partial charge in [-0.2, -0.15) is 0 Å². The van der Waals surface area contributed by atoms with Gasteiger partial charge in [0.15, 0.2) is 0 Å². The molecular weight excluding hydrogens is 358 g/mol. The fraction of sp³-hybridized carbons (Fsp3) is 0.350. The van der Waals surface area contributed by atoms with Gasteiger partial charge in [0.2, 0.25) is 5.91 Å². The van der Waals surface area contributed by atoms with E-state index in [2.05, 4.69) is 43.0 Å². The van der Waals surface area contributed by atoms with Gasteiger partial charge in [0.25, 0.3) is 0 Å². The highest BCUT2D eigenvalue weighted by atomic mass is 32.1. The molecule has 0 spiro atoms. The number of anilines is 1. The van der Waals surface area contributed by atoms with E-state index in [1.54, 1.807) is 17.7 Å². The Morgan fingerprint density at radius 3 is 2.74 bits per heavy atom. The summed E-state index contributed by atoms with van der Waals surface area (Å²) < 4.78 is 0. The molecule has 0 aliphatic carbocycles. The van der Waals surface area contributed by atoms with Crippen LogP contribution in [0.2, 0.25) is 0 Å². The molecular formula is C20H25N5OS. The molecule has 0 aliphatic rings. The Morgan fingerprint density at radius 1 is 1.15 bits per heavy atom. The van der Waals surface area contributed by atoms with Crippen molar-refractivity contribution in [2.45, 2.75) is 12.8 Å². The molecule has 7 heteroatoms. The molecule has 1 aromatic carbocycles. The van der Waals surface area contributed by atoms with Crippen LogP contribution < -0.4 is 10.6 Å². The zero-order valence-electron chi connectivity index (χ0n) is 15.7. The highest BCUT2D eigenvalue weighted by Crippen LogP contribution is 2.36. The van der Waals surface area contributed by atoms with E-state index >= 15 is 0 Å². The van der Waals surface area contributed by atoms with Gasteiger partial charge >= 0.3 is 0 Å². The normalized spacial score (nSPS) is 11.1. The summed E-state index contributed by atoms with van der Waals surface area (Å²) in [5, 5.41) is 9.39. The molecule has 27 heavy (non-hydrogen) atoms. The maximum absolute atomic E-state index is 12.0. The van der Waals surface area contributed by atoms with Crippen LogP contribution in [0, 0.1) is 0 Å². The van der Waals surface area contributed by atoms with E-state index in [0.717, 1.165) is 40.1 Å². The molecule has 2 heterocycles. The predicted molar refractivity (Wildman–Crippen MR) is 112 cm³/mol. The lowest BCUT2D eigenvalue weighted by molar-refractivity contribution is -0.120. The van der Waals surface area contributed by atoms with Crippen molar-refractivity contribution in [1.29, 1.82) is 0 Å². The van der Waals surface area contributed by atoms with E-state index in [1.807, 2.05) is 32.3 Å². The molecule has 0 saturated carbocycles. The number of benzene rings is 1. The Bertz CT molecular complexity index is 878. The molecule has 6 nitrogen and oxygen atoms in total. The van der Waals surface area contributed by atoms with Gasteiger partial charge in [0.1, 0.15) is 17.0 Å². The fourth-order valence-corrected chi connectivity index (χ4v) is 3.76. The number of hydrogen-bond acceptors (Lipinski definition) is 6. The van der Waals surface area contributed by atoms with E-state index in [1.165, 1.54) is 0 Å². The molecule has 3 aromatic rings. The first kappa shape index (κ1) is 19.3. The standard InChI is InChI=1S/C20H25N5OS/c1-25(2)12-6-10-21-17(26)9-11-22-19-18-16(15-7-4-3-5-8-15)13-27-20(18)24-14-23-19/h3-5,7-8,13-14H,6,9-12H2,1-2H3,(H,21,26)(H,22,23,24). The number of aromatic nitrogens is 2. The monoisotopic (exact) mass is 383 g/mol. The van der Waals surface area contributed by atoms with Crippen LogP contribution in [0.1, 0.15) is 12.8 Å². The molecule has 0 radical (unpaired) electrons. The van der Waals surface area contributed by atoms with Gasteiger partial charge in [0.05, 0.1) is 5.39 Å². The van der Waals surface area contributed by atoms with Crippen molar-refractivity contribution >= 4 is 33.3 Å². The molecule has 0 aliphatic heterocycles. The number of thiophene rings is 1. The highest BCUT2D eigenvalue weighted by molar-refractivity contribution is 7.17. The smallest absolute Gasteiger partial charge is 0.221 e. The lowest BCUT2D eigenvalue weighted by atomic mass is 10.1. The van der Waals surface area contributed by atoms with Crippen LogP contribution >= 0.6 is 11.3 Å². The minimum atomic E-state index is 0.0557. The SMILES string of the molecule is CN(C)CCCNC(=O)CCNc1ncnc2scc(-c3ccccc3)c12. The highest BCUT2D eigenvalue weighted by Gasteiger charge is 2.13. The predicted octanol–water partition coefficient (Wildman–Crippen LogP) is 3.23. The van der Waals surface area contributed by atoms with Gasteiger partial charge in [-0.1, -0.05) is 30.3 Å². The van der Waals surface area contributed by atoms with Crippen LogP contribution in [0.15, 0.2) is 42.0 Å². The van der Waals surface area contributed by atoms with Crippen LogP contribution in [-0.4, -0.2) is 54.5 Å². The second kappa shape index (κ2) is 9.43. The molecule has 0 fully saturated rings. The summed E-state index contributed by atoms with van der Waals surface area (Å²) in [6, 6.07) is 10.2. The number of amides is 1. The Kier molecular flexibility index (Phi) is 6.73. The van der Waals surface area contributed by atoms with E-state index in [4.69, 9.17) is 0 Å². The van der Waals surface area contributed by atoms with Crippen LogP contribution in [0.3, 0.4) is 0 Å². The Hall–Kier alpha value is -2.51. The van der Waals surface area contributed by atoms with Gasteiger partial charge < -0.3 is 15.5 Å². The van der Waals surface area contributed by atoms with Gasteiger partial charge in [0, 0.05) is 30.5 Å². The lowest BCUT2D eigenvalue weighted by Gasteiger charge is -2.11. The van der Waals surface area contributed by atoms with Crippen LogP contribution in [0.4, 0.5) is 5.82 Å². The number of hydrogen-bond donors (Lipinski definition) is 2. The topological polar surface area (TPSA) is 70.2 Å². The largest absolute Gasteiger partial charge is 0.369 e. The maximum Gasteiger partial charge on any atom is 0.221 e. The number of nitrogens with one attached hydrogen (secondary N) is 2. The first-order chi connectivity index (χ1) is 13.1. The third kappa shape index (κ3) is 5.24. The number of carbonyl (C=O) groups is 1. The molecule has 2 aromatic heterocycles. The zero-order valence-corrected chi connectivity index (χ0v) is 16.6. The van der Waals surface area contributed by atoms with Gasteiger partial charge in [-0.15, -0.1) is 11.3 Å². The van der Waals surface area contributed by atoms with Crippen molar-refractivity contribution in [3.63, 3.8) is 0 Å². The van der Waals surface area contributed by atoms with Crippen molar-refractivity contribution < 1.29 is 4.79 Å². The second-order valence-corrected chi connectivity index (χ2v) is 7.46. The van der Waals surface area contributed by atoms with E-state index in [0.29, 0.717) is 19.5 Å². The molecule has 142 valence electrons. The number of carbonyl (C=O) groups excluding carboxylic acids is 1. The second-order valence-electron chi connectivity index (χ2n) is 6.60.